The fourth-order valence-electron chi connectivity index (χ4n) is 3.31. The third-order valence-electron chi connectivity index (χ3n) is 5.10. The second-order valence-electron chi connectivity index (χ2n) is 7.17. The van der Waals surface area contributed by atoms with Crippen LogP contribution < -0.4 is 21.4 Å². The van der Waals surface area contributed by atoms with E-state index in [1.807, 2.05) is 36.4 Å². The SMILES string of the molecule is COc1ccc(/C=N/Nc2nc3c(c(=O)n(C)c(=O)n3C)n2Cc2ccc(Cl)cc2)cc1. The highest BCUT2D eigenvalue weighted by atomic mass is 35.5. The summed E-state index contributed by atoms with van der Waals surface area (Å²) in [6, 6.07) is 14.7. The topological polar surface area (TPSA) is 95.4 Å². The lowest BCUT2D eigenvalue weighted by Crippen LogP contribution is -2.37. The molecule has 0 spiro atoms. The lowest BCUT2D eigenvalue weighted by atomic mass is 10.2. The number of rotatable bonds is 6. The monoisotopic (exact) mass is 452 g/mol. The minimum absolute atomic E-state index is 0.272. The van der Waals surface area contributed by atoms with E-state index in [9.17, 15) is 9.59 Å². The molecule has 0 amide bonds. The number of fused-ring (bicyclic) bond motifs is 1. The average molecular weight is 453 g/mol. The zero-order valence-corrected chi connectivity index (χ0v) is 18.5. The van der Waals surface area contributed by atoms with E-state index in [1.165, 1.54) is 11.6 Å². The van der Waals surface area contributed by atoms with Crippen LogP contribution in [0.4, 0.5) is 5.95 Å². The minimum atomic E-state index is -0.452. The highest BCUT2D eigenvalue weighted by Crippen LogP contribution is 2.19. The minimum Gasteiger partial charge on any atom is -0.497 e. The van der Waals surface area contributed by atoms with Crippen LogP contribution in [-0.2, 0) is 20.6 Å². The van der Waals surface area contributed by atoms with Gasteiger partial charge >= 0.3 is 5.69 Å². The first-order chi connectivity index (χ1) is 15.4. The number of aryl methyl sites for hydroxylation is 1. The number of halogens is 1. The smallest absolute Gasteiger partial charge is 0.332 e. The van der Waals surface area contributed by atoms with Gasteiger partial charge in [-0.1, -0.05) is 23.7 Å². The van der Waals surface area contributed by atoms with Crippen molar-refractivity contribution in [1.82, 2.24) is 18.7 Å². The molecule has 164 valence electrons. The van der Waals surface area contributed by atoms with Gasteiger partial charge in [0.15, 0.2) is 11.2 Å². The van der Waals surface area contributed by atoms with Crippen molar-refractivity contribution in [2.45, 2.75) is 6.54 Å². The molecule has 4 rings (SSSR count). The summed E-state index contributed by atoms with van der Waals surface area (Å²) < 4.78 is 9.26. The molecule has 0 bridgehead atoms. The van der Waals surface area contributed by atoms with E-state index in [1.54, 1.807) is 37.1 Å². The molecule has 4 aromatic rings. The van der Waals surface area contributed by atoms with Crippen molar-refractivity contribution >= 4 is 34.9 Å². The second-order valence-corrected chi connectivity index (χ2v) is 7.61. The molecule has 0 saturated carbocycles. The van der Waals surface area contributed by atoms with Crippen LogP contribution in [0.1, 0.15) is 11.1 Å². The van der Waals surface area contributed by atoms with Crippen molar-refractivity contribution in [3.8, 4) is 5.75 Å². The lowest BCUT2D eigenvalue weighted by Gasteiger charge is -2.09. The van der Waals surface area contributed by atoms with Crippen molar-refractivity contribution in [2.75, 3.05) is 12.5 Å². The summed E-state index contributed by atoms with van der Waals surface area (Å²) in [6.45, 7) is 0.335. The maximum atomic E-state index is 12.9. The van der Waals surface area contributed by atoms with Gasteiger partial charge in [0.05, 0.1) is 19.9 Å². The highest BCUT2D eigenvalue weighted by molar-refractivity contribution is 6.30. The number of anilines is 1. The van der Waals surface area contributed by atoms with Crippen LogP contribution in [0.15, 0.2) is 63.2 Å². The summed E-state index contributed by atoms with van der Waals surface area (Å²) in [6.07, 6.45) is 1.63. The number of aromatic nitrogens is 4. The van der Waals surface area contributed by atoms with Crippen LogP contribution >= 0.6 is 11.6 Å². The number of hydrazone groups is 1. The van der Waals surface area contributed by atoms with Gasteiger partial charge < -0.3 is 4.74 Å². The molecule has 2 aromatic carbocycles. The molecule has 2 aromatic heterocycles. The fourth-order valence-corrected chi connectivity index (χ4v) is 3.44. The Morgan fingerprint density at radius 3 is 2.41 bits per heavy atom. The van der Waals surface area contributed by atoms with Gasteiger partial charge in [-0.3, -0.25) is 18.5 Å². The maximum Gasteiger partial charge on any atom is 0.332 e. The van der Waals surface area contributed by atoms with Gasteiger partial charge in [-0.05, 0) is 47.5 Å². The van der Waals surface area contributed by atoms with E-state index in [2.05, 4.69) is 15.5 Å². The van der Waals surface area contributed by atoms with E-state index in [-0.39, 0.29) is 5.65 Å². The molecule has 9 nitrogen and oxygen atoms in total. The molecule has 2 heterocycles. The first-order valence-electron chi connectivity index (χ1n) is 9.73. The molecule has 0 aliphatic heterocycles. The molecule has 0 radical (unpaired) electrons. The first kappa shape index (κ1) is 21.4. The number of ether oxygens (including phenoxy) is 1. The summed E-state index contributed by atoms with van der Waals surface area (Å²) in [5.74, 6) is 1.08. The Morgan fingerprint density at radius 1 is 1.06 bits per heavy atom. The van der Waals surface area contributed by atoms with E-state index >= 15 is 0 Å². The Bertz CT molecular complexity index is 1420. The van der Waals surface area contributed by atoms with Gasteiger partial charge in [0, 0.05) is 19.1 Å². The highest BCUT2D eigenvalue weighted by Gasteiger charge is 2.19. The molecule has 0 atom stereocenters. The van der Waals surface area contributed by atoms with Gasteiger partial charge in [0.2, 0.25) is 5.95 Å². The molecule has 10 heteroatoms. The molecule has 0 unspecified atom stereocenters. The predicted molar refractivity (Wildman–Crippen MR) is 125 cm³/mol. The molecule has 32 heavy (non-hydrogen) atoms. The van der Waals surface area contributed by atoms with Crippen LogP contribution in [0, 0.1) is 0 Å². The Labute approximate surface area is 188 Å². The predicted octanol–water partition coefficient (Wildman–Crippen LogP) is 2.59. The van der Waals surface area contributed by atoms with Crippen LogP contribution in [-0.4, -0.2) is 32.0 Å². The Hall–Kier alpha value is -3.85. The molecule has 0 aliphatic carbocycles. The number of nitrogens with one attached hydrogen (secondary N) is 1. The molecule has 0 aliphatic rings. The number of nitrogens with zero attached hydrogens (tertiary/aromatic N) is 5. The lowest BCUT2D eigenvalue weighted by molar-refractivity contribution is 0.415. The van der Waals surface area contributed by atoms with E-state index < -0.39 is 11.2 Å². The van der Waals surface area contributed by atoms with Gasteiger partial charge in [-0.2, -0.15) is 10.1 Å². The average Bonchev–Trinajstić information content (AvgIpc) is 3.16. The van der Waals surface area contributed by atoms with Gasteiger partial charge in [-0.25, -0.2) is 10.2 Å². The van der Waals surface area contributed by atoms with Crippen LogP contribution in [0.5, 0.6) is 5.75 Å². The van der Waals surface area contributed by atoms with Crippen LogP contribution in [0.2, 0.25) is 5.02 Å². The summed E-state index contributed by atoms with van der Waals surface area (Å²) in [5, 5.41) is 4.88. The maximum absolute atomic E-state index is 12.9. The third-order valence-corrected chi connectivity index (χ3v) is 5.35. The largest absolute Gasteiger partial charge is 0.497 e. The van der Waals surface area contributed by atoms with Crippen molar-refractivity contribution in [2.24, 2.45) is 19.2 Å². The normalized spacial score (nSPS) is 11.4. The quantitative estimate of drug-likeness (QED) is 0.358. The third kappa shape index (κ3) is 4.02. The van der Waals surface area contributed by atoms with Crippen molar-refractivity contribution in [3.05, 3.63) is 85.5 Å². The van der Waals surface area contributed by atoms with Crippen LogP contribution in [0.25, 0.3) is 11.2 Å². The molecule has 1 N–H and O–H groups in total. The Morgan fingerprint density at radius 2 is 1.75 bits per heavy atom. The summed E-state index contributed by atoms with van der Waals surface area (Å²) in [7, 11) is 4.63. The van der Waals surface area contributed by atoms with Crippen molar-refractivity contribution in [3.63, 3.8) is 0 Å². The zero-order chi connectivity index (χ0) is 22.8. The molecular formula is C22H21ClN6O3. The number of hydrogen-bond donors (Lipinski definition) is 1. The molecule has 0 fully saturated rings. The number of methoxy groups -OCH3 is 1. The van der Waals surface area contributed by atoms with Gasteiger partial charge in [-0.15, -0.1) is 0 Å². The van der Waals surface area contributed by atoms with Crippen molar-refractivity contribution < 1.29 is 4.74 Å². The van der Waals surface area contributed by atoms with Crippen LogP contribution in [0.3, 0.4) is 0 Å². The Kier molecular flexibility index (Phi) is 5.83. The van der Waals surface area contributed by atoms with E-state index in [0.29, 0.717) is 23.0 Å². The fraction of sp³-hybridized carbons (Fsp3) is 0.182. The second kappa shape index (κ2) is 8.72. The van der Waals surface area contributed by atoms with Gasteiger partial charge in [0.1, 0.15) is 5.75 Å². The molecule has 0 saturated heterocycles. The molecular weight excluding hydrogens is 432 g/mol. The zero-order valence-electron chi connectivity index (χ0n) is 17.7. The number of hydrogen-bond acceptors (Lipinski definition) is 6. The van der Waals surface area contributed by atoms with E-state index in [0.717, 1.165) is 21.4 Å². The first-order valence-corrected chi connectivity index (χ1v) is 10.1. The number of benzene rings is 2. The summed E-state index contributed by atoms with van der Waals surface area (Å²) in [4.78, 5) is 29.8. The van der Waals surface area contributed by atoms with Crippen molar-refractivity contribution in [1.29, 1.82) is 0 Å². The summed E-state index contributed by atoms with van der Waals surface area (Å²) in [5.41, 5.74) is 4.35. The Balaban J connectivity index is 1.77. The summed E-state index contributed by atoms with van der Waals surface area (Å²) >= 11 is 6.00. The van der Waals surface area contributed by atoms with Gasteiger partial charge in [0.25, 0.3) is 5.56 Å². The number of imidazole rings is 1. The standard InChI is InChI=1S/C22H21ClN6O3/c1-27-19-18(20(30)28(2)22(27)31)29(13-15-4-8-16(23)9-5-15)21(25-19)26-24-12-14-6-10-17(32-3)11-7-14/h4-12H,13H2,1-3H3,(H,25,26)/b24-12+. The van der Waals surface area contributed by atoms with E-state index in [4.69, 9.17) is 16.3 Å².